The van der Waals surface area contributed by atoms with E-state index in [9.17, 15) is 9.59 Å². The van der Waals surface area contributed by atoms with Gasteiger partial charge >= 0.3 is 12.0 Å². The smallest absolute Gasteiger partial charge is 0.338 e. The molecule has 8 heteroatoms. The molecule has 2 aliphatic heterocycles. The molecular formula is C28H35N3O5. The average Bonchev–Trinajstić information content (AvgIpc) is 2.89. The van der Waals surface area contributed by atoms with Crippen LogP contribution in [0.25, 0.3) is 0 Å². The van der Waals surface area contributed by atoms with Crippen LogP contribution in [0.3, 0.4) is 0 Å². The first-order chi connectivity index (χ1) is 17.5. The molecule has 0 radical (unpaired) electrons. The third kappa shape index (κ3) is 5.99. The number of ether oxygens (including phenoxy) is 3. The van der Waals surface area contributed by atoms with Gasteiger partial charge in [-0.1, -0.05) is 36.4 Å². The van der Waals surface area contributed by atoms with Gasteiger partial charge in [-0.05, 0) is 68.5 Å². The third-order valence-corrected chi connectivity index (χ3v) is 6.85. The topological polar surface area (TPSA) is 89.1 Å². The van der Waals surface area contributed by atoms with Crippen LogP contribution in [0.5, 0.6) is 11.5 Å². The maximum absolute atomic E-state index is 13.1. The Balaban J connectivity index is 1.55. The number of piperidine rings is 1. The number of urea groups is 1. The molecule has 4 rings (SSSR count). The van der Waals surface area contributed by atoms with Gasteiger partial charge in [-0.15, -0.1) is 0 Å². The molecule has 0 saturated carbocycles. The van der Waals surface area contributed by atoms with Gasteiger partial charge in [0.1, 0.15) is 0 Å². The first-order valence-corrected chi connectivity index (χ1v) is 12.5. The van der Waals surface area contributed by atoms with Crippen molar-refractivity contribution in [3.63, 3.8) is 0 Å². The summed E-state index contributed by atoms with van der Waals surface area (Å²) in [6.45, 7) is 4.30. The summed E-state index contributed by atoms with van der Waals surface area (Å²) in [5, 5.41) is 5.77. The standard InChI is InChI=1S/C28H35N3O5/c1-4-36-27(32)25-22(18-31-14-12-20(13-15-31)16-19-8-6-5-7-9-19)29-28(33)30-26(25)21-10-11-23(34-2)24(17-21)35-3/h5-11,17,20,26H,4,12-16,18H2,1-3H3,(H2,29,30,33). The highest BCUT2D eigenvalue weighted by Crippen LogP contribution is 2.35. The van der Waals surface area contributed by atoms with Gasteiger partial charge in [0.25, 0.3) is 0 Å². The SMILES string of the molecule is CCOC(=O)C1=C(CN2CCC(Cc3ccccc3)CC2)NC(=O)NC1c1ccc(OC)c(OC)c1. The second-order valence-electron chi connectivity index (χ2n) is 9.17. The highest BCUT2D eigenvalue weighted by atomic mass is 16.5. The first kappa shape index (κ1) is 25.6. The first-order valence-electron chi connectivity index (χ1n) is 12.5. The van der Waals surface area contributed by atoms with Crippen LogP contribution in [-0.4, -0.2) is 57.4 Å². The van der Waals surface area contributed by atoms with Gasteiger partial charge in [-0.25, -0.2) is 9.59 Å². The molecule has 2 aromatic carbocycles. The van der Waals surface area contributed by atoms with Crippen molar-refractivity contribution >= 4 is 12.0 Å². The second kappa shape index (κ2) is 11.9. The number of methoxy groups -OCH3 is 2. The van der Waals surface area contributed by atoms with E-state index in [1.54, 1.807) is 33.3 Å². The van der Waals surface area contributed by atoms with E-state index in [0.29, 0.717) is 40.8 Å². The Morgan fingerprint density at radius 3 is 2.42 bits per heavy atom. The fourth-order valence-corrected chi connectivity index (χ4v) is 4.99. The van der Waals surface area contributed by atoms with Crippen molar-refractivity contribution in [2.45, 2.75) is 32.2 Å². The summed E-state index contributed by atoms with van der Waals surface area (Å²) in [4.78, 5) is 28.1. The number of rotatable bonds is 9. The monoisotopic (exact) mass is 493 g/mol. The van der Waals surface area contributed by atoms with Crippen molar-refractivity contribution in [3.8, 4) is 11.5 Å². The molecule has 1 fully saturated rings. The average molecular weight is 494 g/mol. The molecule has 2 aliphatic rings. The Kier molecular flexibility index (Phi) is 8.48. The zero-order valence-corrected chi connectivity index (χ0v) is 21.2. The molecule has 8 nitrogen and oxygen atoms in total. The lowest BCUT2D eigenvalue weighted by Crippen LogP contribution is -2.49. The molecule has 2 aromatic rings. The van der Waals surface area contributed by atoms with Gasteiger partial charge in [0.15, 0.2) is 11.5 Å². The number of carbonyl (C=O) groups excluding carboxylic acids is 2. The van der Waals surface area contributed by atoms with E-state index in [1.807, 2.05) is 12.1 Å². The van der Waals surface area contributed by atoms with Crippen LogP contribution in [0.2, 0.25) is 0 Å². The minimum Gasteiger partial charge on any atom is -0.493 e. The summed E-state index contributed by atoms with van der Waals surface area (Å²) in [6.07, 6.45) is 3.22. The zero-order valence-electron chi connectivity index (χ0n) is 21.2. The van der Waals surface area contributed by atoms with Crippen LogP contribution in [0.15, 0.2) is 59.8 Å². The van der Waals surface area contributed by atoms with Crippen LogP contribution in [0, 0.1) is 5.92 Å². The summed E-state index contributed by atoms with van der Waals surface area (Å²) < 4.78 is 16.2. The van der Waals surface area contributed by atoms with Crippen LogP contribution in [-0.2, 0) is 16.0 Å². The molecule has 0 aliphatic carbocycles. The minimum atomic E-state index is -0.664. The Morgan fingerprint density at radius 2 is 1.75 bits per heavy atom. The Morgan fingerprint density at radius 1 is 1.03 bits per heavy atom. The van der Waals surface area contributed by atoms with Gasteiger partial charge in [-0.2, -0.15) is 0 Å². The van der Waals surface area contributed by atoms with E-state index in [2.05, 4.69) is 39.8 Å². The number of likely N-dealkylation sites (tertiary alicyclic amines) is 1. The normalized spacial score (nSPS) is 18.9. The lowest BCUT2D eigenvalue weighted by Gasteiger charge is -2.35. The predicted octanol–water partition coefficient (Wildman–Crippen LogP) is 3.83. The van der Waals surface area contributed by atoms with E-state index < -0.39 is 12.0 Å². The number of nitrogens with one attached hydrogen (secondary N) is 2. The maximum atomic E-state index is 13.1. The van der Waals surface area contributed by atoms with Crippen LogP contribution in [0.1, 0.15) is 36.9 Å². The summed E-state index contributed by atoms with van der Waals surface area (Å²) in [6, 6.07) is 14.9. The fourth-order valence-electron chi connectivity index (χ4n) is 4.99. The van der Waals surface area contributed by atoms with Crippen LogP contribution in [0.4, 0.5) is 4.79 Å². The van der Waals surface area contributed by atoms with E-state index in [1.165, 1.54) is 5.56 Å². The van der Waals surface area contributed by atoms with E-state index in [4.69, 9.17) is 14.2 Å². The molecule has 2 amide bonds. The molecule has 36 heavy (non-hydrogen) atoms. The number of carbonyl (C=O) groups is 2. The Labute approximate surface area is 212 Å². The molecule has 0 bridgehead atoms. The lowest BCUT2D eigenvalue weighted by molar-refractivity contribution is -0.139. The van der Waals surface area contributed by atoms with Gasteiger partial charge in [-0.3, -0.25) is 4.90 Å². The predicted molar refractivity (Wildman–Crippen MR) is 137 cm³/mol. The van der Waals surface area contributed by atoms with Crippen molar-refractivity contribution in [2.24, 2.45) is 5.92 Å². The van der Waals surface area contributed by atoms with Crippen molar-refractivity contribution in [2.75, 3.05) is 40.5 Å². The highest BCUT2D eigenvalue weighted by molar-refractivity contribution is 5.95. The number of benzene rings is 2. The molecule has 2 heterocycles. The van der Waals surface area contributed by atoms with Crippen molar-refractivity contribution in [1.82, 2.24) is 15.5 Å². The molecule has 0 spiro atoms. The van der Waals surface area contributed by atoms with Crippen molar-refractivity contribution in [1.29, 1.82) is 0 Å². The number of esters is 1. The molecule has 0 aromatic heterocycles. The zero-order chi connectivity index (χ0) is 25.5. The van der Waals surface area contributed by atoms with Crippen LogP contribution < -0.4 is 20.1 Å². The highest BCUT2D eigenvalue weighted by Gasteiger charge is 2.35. The van der Waals surface area contributed by atoms with Gasteiger partial charge in [0, 0.05) is 12.2 Å². The number of nitrogens with zero attached hydrogens (tertiary/aromatic N) is 1. The van der Waals surface area contributed by atoms with Crippen LogP contribution >= 0.6 is 0 Å². The molecule has 1 atom stereocenters. The number of hydrogen-bond donors (Lipinski definition) is 2. The van der Waals surface area contributed by atoms with Crippen molar-refractivity contribution < 1.29 is 23.8 Å². The largest absolute Gasteiger partial charge is 0.493 e. The summed E-state index contributed by atoms with van der Waals surface area (Å²) in [5.74, 6) is 1.28. The minimum absolute atomic E-state index is 0.243. The van der Waals surface area contributed by atoms with Gasteiger partial charge < -0.3 is 24.8 Å². The van der Waals surface area contributed by atoms with E-state index in [-0.39, 0.29) is 12.6 Å². The molecule has 192 valence electrons. The molecule has 1 saturated heterocycles. The summed E-state index contributed by atoms with van der Waals surface area (Å²) in [7, 11) is 3.12. The maximum Gasteiger partial charge on any atom is 0.338 e. The Bertz CT molecular complexity index is 1090. The van der Waals surface area contributed by atoms with E-state index >= 15 is 0 Å². The quantitative estimate of drug-likeness (QED) is 0.516. The number of amides is 2. The van der Waals surface area contributed by atoms with Gasteiger partial charge in [0.05, 0.1) is 32.4 Å². The third-order valence-electron chi connectivity index (χ3n) is 6.85. The fraction of sp³-hybridized carbons (Fsp3) is 0.429. The summed E-state index contributed by atoms with van der Waals surface area (Å²) in [5.41, 5.74) is 3.07. The molecule has 1 unspecified atom stereocenters. The summed E-state index contributed by atoms with van der Waals surface area (Å²) >= 11 is 0. The molecular weight excluding hydrogens is 458 g/mol. The lowest BCUT2D eigenvalue weighted by atomic mass is 9.89. The van der Waals surface area contributed by atoms with Crippen molar-refractivity contribution in [3.05, 3.63) is 70.9 Å². The Hall–Kier alpha value is -3.52. The second-order valence-corrected chi connectivity index (χ2v) is 9.17. The van der Waals surface area contributed by atoms with Gasteiger partial charge in [0.2, 0.25) is 0 Å². The number of hydrogen-bond acceptors (Lipinski definition) is 6. The van der Waals surface area contributed by atoms with E-state index in [0.717, 1.165) is 32.4 Å². The molecule has 2 N–H and O–H groups in total.